The first-order valence-electron chi connectivity index (χ1n) is 34.2. The van der Waals surface area contributed by atoms with Crippen LogP contribution in [-0.2, 0) is 58.1 Å². The number of azo groups is 2. The predicted molar refractivity (Wildman–Crippen MR) is 348 cm³/mol. The molecule has 2 heterocycles. The van der Waals surface area contributed by atoms with Crippen molar-refractivity contribution < 1.29 is 105 Å². The summed E-state index contributed by atoms with van der Waals surface area (Å²) in [5.74, 6) is -8.66. The fourth-order valence-corrected chi connectivity index (χ4v) is 19.9. The van der Waals surface area contributed by atoms with Gasteiger partial charge in [0.05, 0.1) is 69.1 Å². The summed E-state index contributed by atoms with van der Waals surface area (Å²) in [6, 6.07) is -5.14. The van der Waals surface area contributed by atoms with Gasteiger partial charge < -0.3 is 35.4 Å². The highest BCUT2D eigenvalue weighted by atomic mass is 32.2. The summed E-state index contributed by atoms with van der Waals surface area (Å²) < 4.78 is 88.4. The van der Waals surface area contributed by atoms with E-state index in [9.17, 15) is 81.5 Å². The van der Waals surface area contributed by atoms with Gasteiger partial charge in [0.1, 0.15) is 56.6 Å². The standard InChI is InChI=1S/C56H102N16O22S4/c1-3-5-11-57-51-63-53(67-55(65-51)61-38-23-36(97(84,85)86)18-26-20-40(95-93-91-82)44(46(74)42(26)38)71-69-33-14-28(48(76)77)13-29(15-33)49(78)79)59-31-7-9-32(10-8-31)60-54-64-52(58-12-6-4-2)66-56(68-54)62-39-24-37(98(87,88)89)19-27-21-41(96-94-92-83)45(47(75)43(27)39)72-70-34-16-30(50(80)81)17-35(22-34)90-25-73/h26-47,51-68,73-75,82-83H,3-25H2,1-2H3,(H,76,77)(H,78,79)(H,80,81)(H,84,85,86)(H,87,88,89). The van der Waals surface area contributed by atoms with E-state index in [-0.39, 0.29) is 89.1 Å². The molecule has 0 radical (unpaired) electrons. The number of aliphatic hydroxyl groups is 3. The monoisotopic (exact) mass is 1480 g/mol. The van der Waals surface area contributed by atoms with Crippen molar-refractivity contribution in [3.63, 3.8) is 0 Å². The number of rotatable bonds is 33. The number of fused-ring (bicyclic) bond motifs is 2. The third-order valence-corrected chi connectivity index (χ3v) is 25.4. The second-order valence-corrected chi connectivity index (χ2v) is 33.0. The first-order chi connectivity index (χ1) is 46.8. The van der Waals surface area contributed by atoms with E-state index in [2.05, 4.69) is 108 Å². The highest BCUT2D eigenvalue weighted by molar-refractivity contribution is 7.95. The number of carboxylic acid groups (broad SMARTS) is 3. The molecule has 7 aliphatic carbocycles. The van der Waals surface area contributed by atoms with Crippen LogP contribution in [0.15, 0.2) is 20.5 Å². The van der Waals surface area contributed by atoms with Crippen molar-refractivity contribution in [2.45, 2.75) is 268 Å². The zero-order valence-corrected chi connectivity index (χ0v) is 58.0. The van der Waals surface area contributed by atoms with Crippen LogP contribution in [-0.4, -0.2) is 230 Å². The molecule has 22 N–H and O–H groups in total. The van der Waals surface area contributed by atoms with Gasteiger partial charge in [-0.2, -0.15) is 37.3 Å². The molecular weight excluding hydrogens is 1380 g/mol. The molecule has 42 heteroatoms. The van der Waals surface area contributed by atoms with E-state index >= 15 is 0 Å². The van der Waals surface area contributed by atoms with Crippen molar-refractivity contribution >= 4 is 62.2 Å². The summed E-state index contributed by atoms with van der Waals surface area (Å²) in [6.07, 6.45) is 0.251. The Morgan fingerprint density at radius 2 is 0.878 bits per heavy atom. The molecular formula is C56H102N16O22S4. The Labute approximate surface area is 577 Å². The van der Waals surface area contributed by atoms with Crippen LogP contribution < -0.4 is 63.8 Å². The van der Waals surface area contributed by atoms with Crippen LogP contribution in [0.5, 0.6) is 0 Å². The third kappa shape index (κ3) is 21.9. The number of nitrogens with one attached hydrogen (secondary N) is 12. The number of hydrogen-bond acceptors (Lipinski definition) is 35. The van der Waals surface area contributed by atoms with Crippen molar-refractivity contribution in [2.24, 2.45) is 61.9 Å². The molecule has 2 saturated heterocycles. The molecule has 25 unspecified atom stereocenters. The molecule has 0 aromatic carbocycles. The minimum atomic E-state index is -4.61. The van der Waals surface area contributed by atoms with Gasteiger partial charge in [-0.05, 0) is 141 Å². The number of unbranched alkanes of at least 4 members (excludes halogenated alkanes) is 2. The zero-order valence-electron chi connectivity index (χ0n) is 54.7. The SMILES string of the molecule is CCCCNC1NC(NC2CCC(NC3NC(NCCCC)NC(NC4CC(S(=O)(=O)O)CC5CC(SOOO)C(N=NC6CC(C(=O)O)CC(C(=O)O)C6)C(O)C54)N3)CC2)NC(NC2CC(S(=O)(=O)O)CC3CC(SOOO)C(N=NC4CC(OCO)CC(C(=O)O)C4)C(O)C32)N1. The maximum absolute atomic E-state index is 13.0. The Balaban J connectivity index is 0.865. The molecule has 0 amide bonds. The number of carbonyl (C=O) groups is 3. The molecule has 38 nitrogen and oxygen atoms in total. The van der Waals surface area contributed by atoms with Crippen LogP contribution in [0, 0.1) is 41.4 Å². The predicted octanol–water partition coefficient (Wildman–Crippen LogP) is -0.407. The Hall–Kier alpha value is -2.75. The summed E-state index contributed by atoms with van der Waals surface area (Å²) in [6.45, 7) is 4.80. The van der Waals surface area contributed by atoms with Crippen LogP contribution in [0.25, 0.3) is 0 Å². The molecule has 9 fully saturated rings. The summed E-state index contributed by atoms with van der Waals surface area (Å²) in [5, 5.41) is 147. The average molecular weight is 1480 g/mol. The van der Waals surface area contributed by atoms with Crippen LogP contribution in [0.2, 0.25) is 0 Å². The smallest absolute Gasteiger partial charge is 0.306 e. The maximum atomic E-state index is 13.0. The van der Waals surface area contributed by atoms with Gasteiger partial charge in [0.25, 0.3) is 20.2 Å². The van der Waals surface area contributed by atoms with Gasteiger partial charge in [-0.1, -0.05) is 36.8 Å². The quantitative estimate of drug-likeness (QED) is 0.00755. The fraction of sp³-hybridized carbons (Fsp3) is 0.946. The number of carboxylic acids is 3. The van der Waals surface area contributed by atoms with Gasteiger partial charge >= 0.3 is 17.9 Å². The van der Waals surface area contributed by atoms with Crippen LogP contribution >= 0.6 is 24.1 Å². The molecule has 7 saturated carbocycles. The molecule has 0 spiro atoms. The highest BCUT2D eigenvalue weighted by Gasteiger charge is 2.56. The van der Waals surface area contributed by atoms with Crippen LogP contribution in [0.1, 0.15) is 142 Å². The number of nitrogens with zero attached hydrogens (tertiary/aromatic N) is 4. The topological polar surface area (TPSA) is 562 Å². The first kappa shape index (κ1) is 79.4. The van der Waals surface area contributed by atoms with Gasteiger partial charge in [-0.25, -0.2) is 10.5 Å². The second kappa shape index (κ2) is 37.3. The summed E-state index contributed by atoms with van der Waals surface area (Å²) in [4.78, 5) is 36.2. The van der Waals surface area contributed by atoms with Gasteiger partial charge in [-0.3, -0.25) is 87.3 Å². The first-order valence-corrected chi connectivity index (χ1v) is 38.8. The lowest BCUT2D eigenvalue weighted by Gasteiger charge is -2.51. The van der Waals surface area contributed by atoms with Crippen molar-refractivity contribution in [1.82, 2.24) is 63.8 Å². The largest absolute Gasteiger partial charge is 0.481 e. The van der Waals surface area contributed by atoms with Crippen molar-refractivity contribution in [3.8, 4) is 0 Å². The summed E-state index contributed by atoms with van der Waals surface area (Å²) in [5.41, 5.74) is 0. The lowest BCUT2D eigenvalue weighted by molar-refractivity contribution is -0.432. The molecule has 0 aromatic heterocycles. The van der Waals surface area contributed by atoms with Crippen molar-refractivity contribution in [1.29, 1.82) is 0 Å². The number of ether oxygens (including phenoxy) is 1. The van der Waals surface area contributed by atoms with Gasteiger partial charge in [-0.15, -0.1) is 8.67 Å². The Bertz CT molecular complexity index is 2820. The van der Waals surface area contributed by atoms with Crippen LogP contribution in [0.3, 0.4) is 0 Å². The third-order valence-electron chi connectivity index (χ3n) is 21.2. The van der Waals surface area contributed by atoms with Crippen molar-refractivity contribution in [3.05, 3.63) is 0 Å². The maximum Gasteiger partial charge on any atom is 0.306 e. The average Bonchev–Trinajstić information content (AvgIpc) is 0.762. The van der Waals surface area contributed by atoms with E-state index in [1.54, 1.807) is 0 Å². The molecule has 0 bridgehead atoms. The number of aliphatic hydroxyl groups excluding tert-OH is 3. The molecule has 9 aliphatic rings. The lowest BCUT2D eigenvalue weighted by Crippen LogP contribution is -2.79. The normalized spacial score (nSPS) is 41.4. The molecule has 2 aliphatic heterocycles. The fourth-order valence-electron chi connectivity index (χ4n) is 16.5. The van der Waals surface area contributed by atoms with E-state index in [4.69, 9.17) is 13.4 Å². The van der Waals surface area contributed by atoms with E-state index in [1.807, 2.05) is 0 Å². The van der Waals surface area contributed by atoms with Gasteiger partial charge in [0.2, 0.25) is 0 Å². The Kier molecular flexibility index (Phi) is 30.2. The minimum Gasteiger partial charge on any atom is -0.481 e. The Morgan fingerprint density at radius 1 is 0.500 bits per heavy atom. The summed E-state index contributed by atoms with van der Waals surface area (Å²) in [7, 11) is -9.21. The second-order valence-electron chi connectivity index (χ2n) is 27.7. The van der Waals surface area contributed by atoms with Gasteiger partial charge in [0.15, 0.2) is 0 Å². The zero-order chi connectivity index (χ0) is 70.4. The molecule has 562 valence electrons. The molecule has 9 rings (SSSR count). The highest BCUT2D eigenvalue weighted by Crippen LogP contribution is 2.49. The van der Waals surface area contributed by atoms with Gasteiger partial charge in [0, 0.05) is 60.1 Å². The van der Waals surface area contributed by atoms with E-state index in [1.165, 1.54) is 0 Å². The summed E-state index contributed by atoms with van der Waals surface area (Å²) >= 11 is 1.29. The van der Waals surface area contributed by atoms with E-state index < -0.39 is 200 Å². The van der Waals surface area contributed by atoms with Crippen molar-refractivity contribution in [2.75, 3.05) is 19.9 Å². The van der Waals surface area contributed by atoms with E-state index in [0.29, 0.717) is 37.2 Å². The van der Waals surface area contributed by atoms with E-state index in [0.717, 1.165) is 51.4 Å². The molecule has 25 atom stereocenters. The lowest BCUT2D eigenvalue weighted by atomic mass is 9.65. The molecule has 0 aromatic rings. The molecule has 98 heavy (non-hydrogen) atoms. The van der Waals surface area contributed by atoms with Crippen LogP contribution in [0.4, 0.5) is 0 Å². The Morgan fingerprint density at radius 3 is 1.24 bits per heavy atom. The number of hydrogen-bond donors (Lipinski definition) is 22. The number of aliphatic carboxylic acids is 3. The minimum absolute atomic E-state index is 0.0107.